The molecule has 0 aliphatic carbocycles. The van der Waals surface area contributed by atoms with Gasteiger partial charge in [0.2, 0.25) is 0 Å². The number of ether oxygens (including phenoxy) is 1. The van der Waals surface area contributed by atoms with Gasteiger partial charge in [0.05, 0.1) is 10.0 Å². The maximum atomic E-state index is 11.0. The number of para-hydroxylation sites is 1. The van der Waals surface area contributed by atoms with E-state index in [0.717, 1.165) is 11.8 Å². The van der Waals surface area contributed by atoms with E-state index in [4.69, 9.17) is 4.74 Å². The summed E-state index contributed by atoms with van der Waals surface area (Å²) >= 11 is 3.35. The zero-order chi connectivity index (χ0) is 14.6. The molecule has 0 heterocycles. The number of halogens is 1. The first-order chi connectivity index (χ1) is 9.54. The lowest BCUT2D eigenvalue weighted by atomic mass is 9.97. The van der Waals surface area contributed by atoms with Gasteiger partial charge in [-0.05, 0) is 40.5 Å². The van der Waals surface area contributed by atoms with Gasteiger partial charge in [0.1, 0.15) is 18.0 Å². The van der Waals surface area contributed by atoms with Crippen LogP contribution in [0.1, 0.15) is 22.8 Å². The normalized spacial score (nSPS) is 13.6. The molecule has 0 amide bonds. The zero-order valence-corrected chi connectivity index (χ0v) is 12.6. The van der Waals surface area contributed by atoms with Crippen molar-refractivity contribution >= 4 is 22.2 Å². The first-order valence-electron chi connectivity index (χ1n) is 6.19. The summed E-state index contributed by atoms with van der Waals surface area (Å²) in [5.41, 5.74) is 0.0828. The largest absolute Gasteiger partial charge is 0.488 e. The van der Waals surface area contributed by atoms with Crippen molar-refractivity contribution in [2.24, 2.45) is 0 Å². The minimum atomic E-state index is -1.13. The van der Waals surface area contributed by atoms with Crippen molar-refractivity contribution in [3.05, 3.63) is 64.1 Å². The van der Waals surface area contributed by atoms with Gasteiger partial charge in [0, 0.05) is 0 Å². The van der Waals surface area contributed by atoms with Crippen molar-refractivity contribution in [3.63, 3.8) is 0 Å². The molecular weight excluding hydrogens is 320 g/mol. The molecule has 0 fully saturated rings. The van der Waals surface area contributed by atoms with E-state index in [1.165, 1.54) is 0 Å². The summed E-state index contributed by atoms with van der Waals surface area (Å²) in [6, 6.07) is 14.5. The molecule has 0 radical (unpaired) electrons. The fraction of sp³-hybridized carbons (Fsp3) is 0.188. The summed E-state index contributed by atoms with van der Waals surface area (Å²) in [7, 11) is 0. The van der Waals surface area contributed by atoms with E-state index >= 15 is 0 Å². The van der Waals surface area contributed by atoms with Gasteiger partial charge in [-0.15, -0.1) is 0 Å². The van der Waals surface area contributed by atoms with Crippen LogP contribution >= 0.6 is 15.9 Å². The highest BCUT2D eigenvalue weighted by Crippen LogP contribution is 2.30. The summed E-state index contributed by atoms with van der Waals surface area (Å²) in [6.45, 7) is 1.74. The van der Waals surface area contributed by atoms with Gasteiger partial charge in [-0.3, -0.25) is 4.79 Å². The van der Waals surface area contributed by atoms with Crippen molar-refractivity contribution < 1.29 is 14.6 Å². The van der Waals surface area contributed by atoms with Crippen LogP contribution in [0.15, 0.2) is 53.0 Å². The second-order valence-corrected chi connectivity index (χ2v) is 5.56. The van der Waals surface area contributed by atoms with E-state index in [1.54, 1.807) is 25.1 Å². The molecule has 0 aromatic heterocycles. The lowest BCUT2D eigenvalue weighted by Crippen LogP contribution is -2.29. The van der Waals surface area contributed by atoms with E-state index < -0.39 is 5.60 Å². The monoisotopic (exact) mass is 334 g/mol. The van der Waals surface area contributed by atoms with Crippen molar-refractivity contribution in [3.8, 4) is 5.75 Å². The minimum Gasteiger partial charge on any atom is -0.488 e. The molecule has 0 saturated carbocycles. The van der Waals surface area contributed by atoms with Gasteiger partial charge in [0.25, 0.3) is 0 Å². The summed E-state index contributed by atoms with van der Waals surface area (Å²) in [6.07, 6.45) is 0.733. The number of carbonyl (C=O) groups excluding carboxylic acids is 1. The molecule has 0 spiro atoms. The maximum Gasteiger partial charge on any atom is 0.153 e. The third-order valence-corrected chi connectivity index (χ3v) is 3.64. The average molecular weight is 335 g/mol. The Morgan fingerprint density at radius 2 is 1.90 bits per heavy atom. The Hall–Kier alpha value is -1.65. The number of aliphatic hydroxyl groups is 1. The quantitative estimate of drug-likeness (QED) is 0.850. The SMILES string of the molecule is CC(O)(COc1c(Br)cccc1C=O)c1ccccc1. The molecule has 2 aromatic rings. The highest BCUT2D eigenvalue weighted by Gasteiger charge is 2.24. The smallest absolute Gasteiger partial charge is 0.153 e. The van der Waals surface area contributed by atoms with E-state index in [9.17, 15) is 9.90 Å². The highest BCUT2D eigenvalue weighted by molar-refractivity contribution is 9.10. The van der Waals surface area contributed by atoms with Gasteiger partial charge >= 0.3 is 0 Å². The van der Waals surface area contributed by atoms with Crippen LogP contribution in [0, 0.1) is 0 Å². The van der Waals surface area contributed by atoms with Gasteiger partial charge in [0.15, 0.2) is 6.29 Å². The summed E-state index contributed by atoms with van der Waals surface area (Å²) in [4.78, 5) is 11.0. The van der Waals surface area contributed by atoms with E-state index in [-0.39, 0.29) is 6.61 Å². The molecule has 104 valence electrons. The summed E-state index contributed by atoms with van der Waals surface area (Å²) in [5, 5.41) is 10.5. The molecule has 0 saturated heterocycles. The molecule has 20 heavy (non-hydrogen) atoms. The molecular formula is C16H15BrO3. The van der Waals surface area contributed by atoms with Crippen LogP contribution in [0.5, 0.6) is 5.75 Å². The predicted octanol–water partition coefficient (Wildman–Crippen LogP) is 3.55. The van der Waals surface area contributed by atoms with Crippen LogP contribution in [0.4, 0.5) is 0 Å². The van der Waals surface area contributed by atoms with Crippen molar-refractivity contribution in [1.82, 2.24) is 0 Å². The lowest BCUT2D eigenvalue weighted by Gasteiger charge is -2.24. The van der Waals surface area contributed by atoms with Crippen LogP contribution in [0.25, 0.3) is 0 Å². The Bertz CT molecular complexity index is 594. The van der Waals surface area contributed by atoms with Crippen LogP contribution in [-0.2, 0) is 5.60 Å². The average Bonchev–Trinajstić information content (AvgIpc) is 2.46. The number of rotatable bonds is 5. The van der Waals surface area contributed by atoms with Crippen molar-refractivity contribution in [2.45, 2.75) is 12.5 Å². The highest BCUT2D eigenvalue weighted by atomic mass is 79.9. The molecule has 4 heteroatoms. The van der Waals surface area contributed by atoms with Gasteiger partial charge in [-0.1, -0.05) is 36.4 Å². The topological polar surface area (TPSA) is 46.5 Å². The molecule has 3 nitrogen and oxygen atoms in total. The Morgan fingerprint density at radius 3 is 2.55 bits per heavy atom. The van der Waals surface area contributed by atoms with Gasteiger partial charge in [-0.2, -0.15) is 0 Å². The number of hydrogen-bond acceptors (Lipinski definition) is 3. The molecule has 1 N–H and O–H groups in total. The molecule has 0 aliphatic heterocycles. The standard InChI is InChI=1S/C16H15BrO3/c1-16(19,13-7-3-2-4-8-13)11-20-15-12(10-18)6-5-9-14(15)17/h2-10,19H,11H2,1H3. The summed E-state index contributed by atoms with van der Waals surface area (Å²) < 4.78 is 6.34. The van der Waals surface area contributed by atoms with Crippen molar-refractivity contribution in [2.75, 3.05) is 6.61 Å². The Kier molecular flexibility index (Phi) is 4.57. The van der Waals surface area contributed by atoms with E-state index in [2.05, 4.69) is 15.9 Å². The van der Waals surface area contributed by atoms with Crippen LogP contribution in [-0.4, -0.2) is 18.0 Å². The zero-order valence-electron chi connectivity index (χ0n) is 11.0. The first kappa shape index (κ1) is 14.8. The third kappa shape index (κ3) is 3.26. The number of hydrogen-bond donors (Lipinski definition) is 1. The van der Waals surface area contributed by atoms with Gasteiger partial charge in [-0.25, -0.2) is 0 Å². The lowest BCUT2D eigenvalue weighted by molar-refractivity contribution is 0.00715. The molecule has 0 aliphatic rings. The molecule has 2 aromatic carbocycles. The number of carbonyl (C=O) groups is 1. The Morgan fingerprint density at radius 1 is 1.20 bits per heavy atom. The second-order valence-electron chi connectivity index (χ2n) is 4.70. The third-order valence-electron chi connectivity index (χ3n) is 3.02. The predicted molar refractivity (Wildman–Crippen MR) is 81.0 cm³/mol. The fourth-order valence-corrected chi connectivity index (χ4v) is 2.36. The molecule has 1 atom stereocenters. The molecule has 0 bridgehead atoms. The molecule has 2 rings (SSSR count). The van der Waals surface area contributed by atoms with Crippen LogP contribution in [0.3, 0.4) is 0 Å². The maximum absolute atomic E-state index is 11.0. The van der Waals surface area contributed by atoms with Crippen LogP contribution in [0.2, 0.25) is 0 Å². The van der Waals surface area contributed by atoms with Crippen LogP contribution < -0.4 is 4.74 Å². The van der Waals surface area contributed by atoms with E-state index in [1.807, 2.05) is 30.3 Å². The minimum absolute atomic E-state index is 0.0560. The first-order valence-corrected chi connectivity index (χ1v) is 6.98. The van der Waals surface area contributed by atoms with E-state index in [0.29, 0.717) is 15.8 Å². The Labute approximate surface area is 126 Å². The Balaban J connectivity index is 2.19. The van der Waals surface area contributed by atoms with Crippen molar-refractivity contribution in [1.29, 1.82) is 0 Å². The number of aldehydes is 1. The van der Waals surface area contributed by atoms with Gasteiger partial charge < -0.3 is 9.84 Å². The molecule has 1 unspecified atom stereocenters. The fourth-order valence-electron chi connectivity index (χ4n) is 1.86. The summed E-state index contributed by atoms with van der Waals surface area (Å²) in [5.74, 6) is 0.443. The number of benzene rings is 2. The second kappa shape index (κ2) is 6.20.